The van der Waals surface area contributed by atoms with Crippen molar-refractivity contribution in [3.63, 3.8) is 0 Å². The summed E-state index contributed by atoms with van der Waals surface area (Å²) in [6.45, 7) is 3.30. The van der Waals surface area contributed by atoms with E-state index in [0.717, 1.165) is 0 Å². The van der Waals surface area contributed by atoms with Gasteiger partial charge in [-0.05, 0) is 13.8 Å². The van der Waals surface area contributed by atoms with Gasteiger partial charge in [-0.1, -0.05) is 0 Å². The number of aliphatic hydroxyl groups is 2. The maximum Gasteiger partial charge on any atom is 0.190 e. The van der Waals surface area contributed by atoms with Crippen LogP contribution in [-0.4, -0.2) is 47.2 Å². The molecule has 2 aliphatic rings. The minimum Gasteiger partial charge on any atom is -0.394 e. The highest BCUT2D eigenvalue weighted by Crippen LogP contribution is 2.36. The molecule has 0 saturated carbocycles. The van der Waals surface area contributed by atoms with Crippen LogP contribution in [0.2, 0.25) is 0 Å². The van der Waals surface area contributed by atoms with Crippen molar-refractivity contribution in [2.24, 2.45) is 0 Å². The van der Waals surface area contributed by atoms with E-state index >= 15 is 0 Å². The molecule has 2 N–H and O–H groups in total. The van der Waals surface area contributed by atoms with Crippen molar-refractivity contribution in [1.82, 2.24) is 0 Å². The zero-order chi connectivity index (χ0) is 9.64. The van der Waals surface area contributed by atoms with Crippen LogP contribution >= 0.6 is 0 Å². The number of rotatable bonds is 1. The molecule has 2 rings (SSSR count). The van der Waals surface area contributed by atoms with Gasteiger partial charge in [-0.2, -0.15) is 0 Å². The Bertz CT molecular complexity index is 205. The summed E-state index contributed by atoms with van der Waals surface area (Å²) in [5.74, 6) is -0.712. The second-order valence-corrected chi connectivity index (χ2v) is 3.82. The van der Waals surface area contributed by atoms with Crippen molar-refractivity contribution in [1.29, 1.82) is 0 Å². The first-order chi connectivity index (χ1) is 6.03. The van der Waals surface area contributed by atoms with Gasteiger partial charge in [-0.3, -0.25) is 0 Å². The summed E-state index contributed by atoms with van der Waals surface area (Å²) in [5, 5.41) is 18.4. The van der Waals surface area contributed by atoms with E-state index < -0.39 is 30.4 Å². The van der Waals surface area contributed by atoms with E-state index in [4.69, 9.17) is 19.3 Å². The lowest BCUT2D eigenvalue weighted by Gasteiger charge is -2.21. The molecule has 2 fully saturated rings. The minimum absolute atomic E-state index is 0.221. The van der Waals surface area contributed by atoms with E-state index in [-0.39, 0.29) is 6.61 Å². The van der Waals surface area contributed by atoms with Gasteiger partial charge in [0.15, 0.2) is 12.1 Å². The summed E-state index contributed by atoms with van der Waals surface area (Å²) in [6.07, 6.45) is -2.43. The van der Waals surface area contributed by atoms with Gasteiger partial charge in [0.1, 0.15) is 18.3 Å². The molecule has 2 aliphatic heterocycles. The normalized spacial score (nSPS) is 48.0. The smallest absolute Gasteiger partial charge is 0.190 e. The molecule has 2 heterocycles. The van der Waals surface area contributed by atoms with Crippen LogP contribution in [0.25, 0.3) is 0 Å². The van der Waals surface area contributed by atoms with Crippen LogP contribution in [0.1, 0.15) is 13.8 Å². The lowest BCUT2D eigenvalue weighted by atomic mass is 10.1. The molecule has 13 heavy (non-hydrogen) atoms. The van der Waals surface area contributed by atoms with Gasteiger partial charge in [0, 0.05) is 0 Å². The highest BCUT2D eigenvalue weighted by Gasteiger charge is 2.53. The van der Waals surface area contributed by atoms with Crippen LogP contribution in [0.5, 0.6) is 0 Å². The van der Waals surface area contributed by atoms with Gasteiger partial charge in [0.05, 0.1) is 6.61 Å². The number of fused-ring (bicyclic) bond motifs is 1. The van der Waals surface area contributed by atoms with E-state index in [1.807, 2.05) is 0 Å². The zero-order valence-corrected chi connectivity index (χ0v) is 7.64. The summed E-state index contributed by atoms with van der Waals surface area (Å²) in [7, 11) is 0. The Morgan fingerprint density at radius 2 is 2.00 bits per heavy atom. The Morgan fingerprint density at radius 3 is 2.54 bits per heavy atom. The molecule has 0 aromatic rings. The van der Waals surface area contributed by atoms with E-state index in [0.29, 0.717) is 0 Å². The summed E-state index contributed by atoms with van der Waals surface area (Å²) < 4.78 is 16.0. The van der Waals surface area contributed by atoms with Gasteiger partial charge in [-0.15, -0.1) is 0 Å². The third kappa shape index (κ3) is 1.47. The Balaban J connectivity index is 2.07. The molecule has 0 aromatic carbocycles. The molecule has 5 nitrogen and oxygen atoms in total. The molecule has 0 radical (unpaired) electrons. The molecule has 1 unspecified atom stereocenters. The fourth-order valence-corrected chi connectivity index (χ4v) is 1.71. The first kappa shape index (κ1) is 9.36. The summed E-state index contributed by atoms with van der Waals surface area (Å²) in [4.78, 5) is 0. The first-order valence-corrected chi connectivity index (χ1v) is 4.33. The van der Waals surface area contributed by atoms with E-state index in [9.17, 15) is 5.11 Å². The Morgan fingerprint density at radius 1 is 1.31 bits per heavy atom. The molecule has 76 valence electrons. The monoisotopic (exact) mass is 190 g/mol. The van der Waals surface area contributed by atoms with Crippen molar-refractivity contribution in [3.8, 4) is 0 Å². The van der Waals surface area contributed by atoms with E-state index in [1.165, 1.54) is 0 Å². The molecule has 0 aliphatic carbocycles. The highest BCUT2D eigenvalue weighted by molar-refractivity contribution is 4.92. The quantitative estimate of drug-likeness (QED) is 0.567. The number of ether oxygens (including phenoxy) is 3. The SMILES string of the molecule is CC1(C)OC2O[C@H](CO)[C@@H](O)[C@H]2O1. The van der Waals surface area contributed by atoms with Crippen LogP contribution in [0.3, 0.4) is 0 Å². The molecule has 2 saturated heterocycles. The van der Waals surface area contributed by atoms with Crippen LogP contribution in [-0.2, 0) is 14.2 Å². The largest absolute Gasteiger partial charge is 0.394 e. The van der Waals surface area contributed by atoms with Crippen molar-refractivity contribution in [2.45, 2.75) is 44.2 Å². The third-order valence-electron chi connectivity index (χ3n) is 2.29. The second kappa shape index (κ2) is 2.90. The van der Waals surface area contributed by atoms with Gasteiger partial charge in [0.2, 0.25) is 0 Å². The van der Waals surface area contributed by atoms with Gasteiger partial charge < -0.3 is 24.4 Å². The molecule has 4 atom stereocenters. The Labute approximate surface area is 76.2 Å². The summed E-state index contributed by atoms with van der Waals surface area (Å²) in [5.41, 5.74) is 0. The highest BCUT2D eigenvalue weighted by atomic mass is 16.8. The van der Waals surface area contributed by atoms with Crippen molar-refractivity contribution < 1.29 is 24.4 Å². The van der Waals surface area contributed by atoms with Gasteiger partial charge >= 0.3 is 0 Å². The van der Waals surface area contributed by atoms with Crippen LogP contribution < -0.4 is 0 Å². The maximum absolute atomic E-state index is 9.60. The first-order valence-electron chi connectivity index (χ1n) is 4.33. The van der Waals surface area contributed by atoms with Crippen LogP contribution in [0.4, 0.5) is 0 Å². The average molecular weight is 190 g/mol. The second-order valence-electron chi connectivity index (χ2n) is 3.82. The maximum atomic E-state index is 9.60. The molecular formula is C8H14O5. The summed E-state index contributed by atoms with van der Waals surface area (Å²) >= 11 is 0. The van der Waals surface area contributed by atoms with E-state index in [2.05, 4.69) is 0 Å². The number of aliphatic hydroxyl groups excluding tert-OH is 2. The third-order valence-corrected chi connectivity index (χ3v) is 2.29. The van der Waals surface area contributed by atoms with E-state index in [1.54, 1.807) is 13.8 Å². The predicted octanol–water partition coefficient (Wildman–Crippen LogP) is -0.784. The van der Waals surface area contributed by atoms with Gasteiger partial charge in [-0.25, -0.2) is 0 Å². The fraction of sp³-hybridized carbons (Fsp3) is 1.00. The summed E-state index contributed by atoms with van der Waals surface area (Å²) in [6, 6.07) is 0. The standard InChI is InChI=1S/C8H14O5/c1-8(2)12-6-5(10)4(3-9)11-7(6)13-8/h4-7,9-10H,3H2,1-2H3/t4-,5-,6-,7?/m1/s1. The number of hydrogen-bond donors (Lipinski definition) is 2. The predicted molar refractivity (Wildman–Crippen MR) is 41.8 cm³/mol. The van der Waals surface area contributed by atoms with Crippen molar-refractivity contribution in [3.05, 3.63) is 0 Å². The topological polar surface area (TPSA) is 68.2 Å². The minimum atomic E-state index is -0.809. The lowest BCUT2D eigenvalue weighted by Crippen LogP contribution is -2.36. The Hall–Kier alpha value is -0.200. The van der Waals surface area contributed by atoms with Crippen molar-refractivity contribution >= 4 is 0 Å². The van der Waals surface area contributed by atoms with Crippen molar-refractivity contribution in [2.75, 3.05) is 6.61 Å². The fourth-order valence-electron chi connectivity index (χ4n) is 1.71. The van der Waals surface area contributed by atoms with Crippen LogP contribution in [0, 0.1) is 0 Å². The molecular weight excluding hydrogens is 176 g/mol. The number of hydrogen-bond acceptors (Lipinski definition) is 5. The Kier molecular flexibility index (Phi) is 2.08. The average Bonchev–Trinajstić information content (AvgIpc) is 2.47. The molecule has 0 bridgehead atoms. The molecule has 0 spiro atoms. The molecule has 0 amide bonds. The van der Waals surface area contributed by atoms with Gasteiger partial charge in [0.25, 0.3) is 0 Å². The molecule has 5 heteroatoms. The lowest BCUT2D eigenvalue weighted by molar-refractivity contribution is -0.218. The zero-order valence-electron chi connectivity index (χ0n) is 7.64. The van der Waals surface area contributed by atoms with Crippen LogP contribution in [0.15, 0.2) is 0 Å². The molecule has 0 aromatic heterocycles.